The summed E-state index contributed by atoms with van der Waals surface area (Å²) in [5.74, 6) is 0.966. The molecule has 16 heavy (non-hydrogen) atoms. The lowest BCUT2D eigenvalue weighted by Crippen LogP contribution is -2.34. The van der Waals surface area contributed by atoms with Crippen LogP contribution in [0, 0.1) is 5.92 Å². The van der Waals surface area contributed by atoms with E-state index in [0.29, 0.717) is 6.04 Å². The van der Waals surface area contributed by atoms with Crippen LogP contribution in [0.5, 0.6) is 0 Å². The lowest BCUT2D eigenvalue weighted by Gasteiger charge is -2.33. The fourth-order valence-corrected chi connectivity index (χ4v) is 3.45. The molecule has 2 aliphatic rings. The lowest BCUT2D eigenvalue weighted by molar-refractivity contribution is 0.160. The van der Waals surface area contributed by atoms with Crippen molar-refractivity contribution in [1.29, 1.82) is 0 Å². The number of piperidine rings is 1. The molecule has 2 fully saturated rings. The molecule has 3 unspecified atom stereocenters. The molecule has 0 radical (unpaired) electrons. The van der Waals surface area contributed by atoms with Crippen molar-refractivity contribution in [1.82, 2.24) is 4.90 Å². The van der Waals surface area contributed by atoms with Crippen molar-refractivity contribution in [2.75, 3.05) is 12.3 Å². The molecular weight excluding hydrogens is 196 g/mol. The molecule has 0 spiro atoms. The van der Waals surface area contributed by atoms with Crippen molar-refractivity contribution < 1.29 is 0 Å². The Labute approximate surface area is 97.4 Å². The average Bonchev–Trinajstić information content (AvgIpc) is 2.89. The van der Waals surface area contributed by atoms with Crippen LogP contribution >= 0.6 is 0 Å². The fraction of sp³-hybridized carbons (Fsp3) is 0.571. The minimum Gasteiger partial charge on any atom is -0.399 e. The largest absolute Gasteiger partial charge is 0.399 e. The van der Waals surface area contributed by atoms with Gasteiger partial charge in [0.1, 0.15) is 0 Å². The molecule has 86 valence electrons. The molecule has 0 aromatic heterocycles. The van der Waals surface area contributed by atoms with E-state index >= 15 is 0 Å². The number of nitrogen functional groups attached to an aromatic ring is 1. The van der Waals surface area contributed by atoms with Crippen LogP contribution in [0.25, 0.3) is 0 Å². The van der Waals surface area contributed by atoms with Gasteiger partial charge < -0.3 is 5.73 Å². The second kappa shape index (κ2) is 3.77. The van der Waals surface area contributed by atoms with Gasteiger partial charge in [-0.3, -0.25) is 4.90 Å². The smallest absolute Gasteiger partial charge is 0.0323 e. The van der Waals surface area contributed by atoms with E-state index in [1.54, 1.807) is 0 Å². The predicted octanol–water partition coefficient (Wildman–Crippen LogP) is 2.81. The highest BCUT2D eigenvalue weighted by atomic mass is 15.2. The highest BCUT2D eigenvalue weighted by Crippen LogP contribution is 2.41. The van der Waals surface area contributed by atoms with Gasteiger partial charge in [-0.15, -0.1) is 0 Å². The van der Waals surface area contributed by atoms with E-state index < -0.39 is 0 Å². The molecule has 1 saturated heterocycles. The van der Waals surface area contributed by atoms with E-state index in [4.69, 9.17) is 5.73 Å². The molecular formula is C14H20N2. The zero-order valence-corrected chi connectivity index (χ0v) is 9.89. The highest BCUT2D eigenvalue weighted by molar-refractivity contribution is 5.41. The number of fused-ring (bicyclic) bond motifs is 2. The van der Waals surface area contributed by atoms with Gasteiger partial charge in [0.15, 0.2) is 0 Å². The normalized spacial score (nSPS) is 30.8. The van der Waals surface area contributed by atoms with E-state index in [0.717, 1.165) is 17.6 Å². The molecule has 3 rings (SSSR count). The second-order valence-electron chi connectivity index (χ2n) is 5.38. The number of benzene rings is 1. The Morgan fingerprint density at radius 2 is 2.25 bits per heavy atom. The topological polar surface area (TPSA) is 29.3 Å². The lowest BCUT2D eigenvalue weighted by atomic mass is 10.0. The average molecular weight is 216 g/mol. The van der Waals surface area contributed by atoms with E-state index in [1.165, 1.54) is 31.4 Å². The molecule has 3 atom stereocenters. The van der Waals surface area contributed by atoms with Gasteiger partial charge in [0.2, 0.25) is 0 Å². The number of nitrogens with two attached hydrogens (primary N) is 1. The summed E-state index contributed by atoms with van der Waals surface area (Å²) in [5, 5.41) is 0. The summed E-state index contributed by atoms with van der Waals surface area (Å²) in [7, 11) is 0. The predicted molar refractivity (Wildman–Crippen MR) is 67.1 cm³/mol. The molecule has 1 aromatic rings. The maximum atomic E-state index is 5.85. The Balaban J connectivity index is 1.80. The van der Waals surface area contributed by atoms with Gasteiger partial charge in [0.05, 0.1) is 0 Å². The van der Waals surface area contributed by atoms with Crippen molar-refractivity contribution >= 4 is 5.69 Å². The van der Waals surface area contributed by atoms with Gasteiger partial charge >= 0.3 is 0 Å². The minimum absolute atomic E-state index is 0.527. The number of rotatable bonds is 2. The Bertz CT molecular complexity index is 388. The number of likely N-dealkylation sites (tertiary alicyclic amines) is 1. The first kappa shape index (κ1) is 10.2. The molecule has 1 aromatic carbocycles. The van der Waals surface area contributed by atoms with Crippen LogP contribution in [0.1, 0.15) is 37.8 Å². The Morgan fingerprint density at radius 1 is 1.38 bits per heavy atom. The van der Waals surface area contributed by atoms with Crippen LogP contribution in [0.2, 0.25) is 0 Å². The summed E-state index contributed by atoms with van der Waals surface area (Å²) in [5.41, 5.74) is 8.10. The van der Waals surface area contributed by atoms with Gasteiger partial charge in [-0.05, 0) is 49.8 Å². The molecule has 1 aliphatic carbocycles. The molecule has 1 heterocycles. The van der Waals surface area contributed by atoms with Crippen LogP contribution < -0.4 is 5.73 Å². The van der Waals surface area contributed by atoms with Crippen LogP contribution in [0.15, 0.2) is 24.3 Å². The fourth-order valence-electron chi connectivity index (χ4n) is 3.45. The van der Waals surface area contributed by atoms with Crippen molar-refractivity contribution in [3.63, 3.8) is 0 Å². The van der Waals surface area contributed by atoms with Crippen molar-refractivity contribution in [3.8, 4) is 0 Å². The van der Waals surface area contributed by atoms with Crippen LogP contribution in [0.4, 0.5) is 5.69 Å². The Kier molecular flexibility index (Phi) is 2.40. The van der Waals surface area contributed by atoms with Crippen molar-refractivity contribution in [2.45, 2.75) is 38.3 Å². The van der Waals surface area contributed by atoms with Gasteiger partial charge in [0.25, 0.3) is 0 Å². The van der Waals surface area contributed by atoms with Crippen molar-refractivity contribution in [2.24, 2.45) is 5.92 Å². The molecule has 1 saturated carbocycles. The standard InChI is InChI=1S/C14H20N2/c1-10(12-3-2-4-13(15)8-12)16-9-11-5-6-14(16)7-11/h2-4,8,10-11,14H,5-7,9,15H2,1H3. The van der Waals surface area contributed by atoms with Gasteiger partial charge in [-0.25, -0.2) is 0 Å². The van der Waals surface area contributed by atoms with Gasteiger partial charge in [-0.1, -0.05) is 12.1 Å². The van der Waals surface area contributed by atoms with Gasteiger partial charge in [-0.2, -0.15) is 0 Å². The number of hydrogen-bond donors (Lipinski definition) is 1. The Morgan fingerprint density at radius 3 is 2.88 bits per heavy atom. The SMILES string of the molecule is CC(c1cccc(N)c1)N1CC2CCC1C2. The van der Waals surface area contributed by atoms with Crippen molar-refractivity contribution in [3.05, 3.63) is 29.8 Å². The first-order valence-corrected chi connectivity index (χ1v) is 6.35. The number of nitrogens with zero attached hydrogens (tertiary/aromatic N) is 1. The highest BCUT2D eigenvalue weighted by Gasteiger charge is 2.39. The summed E-state index contributed by atoms with van der Waals surface area (Å²) in [4.78, 5) is 2.67. The Hall–Kier alpha value is -1.02. The summed E-state index contributed by atoms with van der Waals surface area (Å²) >= 11 is 0. The van der Waals surface area contributed by atoms with E-state index in [1.807, 2.05) is 6.07 Å². The number of anilines is 1. The molecule has 2 bridgehead atoms. The molecule has 2 N–H and O–H groups in total. The summed E-state index contributed by atoms with van der Waals surface area (Å²) < 4.78 is 0. The number of hydrogen-bond acceptors (Lipinski definition) is 2. The van der Waals surface area contributed by atoms with E-state index in [-0.39, 0.29) is 0 Å². The van der Waals surface area contributed by atoms with Crippen LogP contribution in [-0.4, -0.2) is 17.5 Å². The second-order valence-corrected chi connectivity index (χ2v) is 5.38. The first-order valence-electron chi connectivity index (χ1n) is 6.35. The molecule has 1 aliphatic heterocycles. The van der Waals surface area contributed by atoms with E-state index in [2.05, 4.69) is 30.0 Å². The zero-order valence-electron chi connectivity index (χ0n) is 9.89. The summed E-state index contributed by atoms with van der Waals surface area (Å²) in [6.45, 7) is 3.61. The minimum atomic E-state index is 0.527. The monoisotopic (exact) mass is 216 g/mol. The molecule has 2 heteroatoms. The first-order chi connectivity index (χ1) is 7.74. The zero-order chi connectivity index (χ0) is 11.1. The van der Waals surface area contributed by atoms with Crippen LogP contribution in [-0.2, 0) is 0 Å². The maximum absolute atomic E-state index is 5.85. The quantitative estimate of drug-likeness (QED) is 0.770. The maximum Gasteiger partial charge on any atom is 0.0323 e. The van der Waals surface area contributed by atoms with E-state index in [9.17, 15) is 0 Å². The molecule has 2 nitrogen and oxygen atoms in total. The third kappa shape index (κ3) is 1.61. The summed E-state index contributed by atoms with van der Waals surface area (Å²) in [6.07, 6.45) is 4.27. The third-order valence-corrected chi connectivity index (χ3v) is 4.34. The molecule has 0 amide bonds. The van der Waals surface area contributed by atoms with Crippen LogP contribution in [0.3, 0.4) is 0 Å². The summed E-state index contributed by atoms with van der Waals surface area (Å²) in [6, 6.07) is 9.71. The third-order valence-electron chi connectivity index (χ3n) is 4.34. The van der Waals surface area contributed by atoms with Gasteiger partial charge in [0, 0.05) is 24.3 Å².